The molecule has 3 fully saturated rings. The van der Waals surface area contributed by atoms with Crippen LogP contribution >= 0.6 is 0 Å². The maximum atomic E-state index is 9.25. The van der Waals surface area contributed by atoms with Crippen molar-refractivity contribution in [1.29, 1.82) is 0 Å². The van der Waals surface area contributed by atoms with E-state index < -0.39 is 0 Å². The molecule has 3 unspecified atom stereocenters. The Balaban J connectivity index is 1.48. The van der Waals surface area contributed by atoms with Crippen LogP contribution < -0.4 is 0 Å². The molecule has 3 saturated carbocycles. The van der Waals surface area contributed by atoms with Gasteiger partial charge in [0.05, 0.1) is 0 Å². The van der Waals surface area contributed by atoms with Crippen LogP contribution in [0.5, 0.6) is 0 Å². The Hall–Kier alpha value is -0.560. The van der Waals surface area contributed by atoms with Gasteiger partial charge in [-0.1, -0.05) is 65.3 Å². The van der Waals surface area contributed by atoms with E-state index in [1.54, 1.807) is 5.57 Å². The highest BCUT2D eigenvalue weighted by atomic mass is 16.2. The van der Waals surface area contributed by atoms with Gasteiger partial charge in [0.15, 0.2) is 0 Å². The maximum Gasteiger partial charge on any atom is 0.0433 e. The fraction of sp³-hybridized carbons (Fsp3) is 0.844. The molecular weight excluding hydrogens is 400 g/mol. The second kappa shape index (κ2) is 10.2. The third kappa shape index (κ3) is 4.66. The van der Waals surface area contributed by atoms with E-state index in [1.165, 1.54) is 57.8 Å². The van der Waals surface area contributed by atoms with Crippen molar-refractivity contribution < 1.29 is 5.11 Å². The summed E-state index contributed by atoms with van der Waals surface area (Å²) in [6.45, 7) is 15.3. The largest absolute Gasteiger partial charge is 0.396 e. The summed E-state index contributed by atoms with van der Waals surface area (Å²) in [4.78, 5) is 0. The smallest absolute Gasteiger partial charge is 0.0433 e. The van der Waals surface area contributed by atoms with Crippen molar-refractivity contribution in [2.24, 2.45) is 58.2 Å². The van der Waals surface area contributed by atoms with Crippen LogP contribution in [0.15, 0.2) is 23.8 Å². The van der Waals surface area contributed by atoms with Crippen molar-refractivity contribution in [3.8, 4) is 0 Å². The molecule has 1 nitrogen and oxygen atoms in total. The lowest BCUT2D eigenvalue weighted by atomic mass is 9.46. The molecule has 33 heavy (non-hydrogen) atoms. The Morgan fingerprint density at radius 1 is 1.03 bits per heavy atom. The molecule has 0 aromatic rings. The number of aliphatic hydroxyl groups is 1. The third-order valence-electron chi connectivity index (χ3n) is 11.5. The van der Waals surface area contributed by atoms with Crippen LogP contribution in [0.1, 0.15) is 106 Å². The van der Waals surface area contributed by atoms with Gasteiger partial charge in [-0.3, -0.25) is 0 Å². The van der Waals surface area contributed by atoms with E-state index in [1.807, 2.05) is 0 Å². The Labute approximate surface area is 205 Å². The highest BCUT2D eigenvalue weighted by Gasteiger charge is 2.58. The molecule has 4 aliphatic rings. The average Bonchev–Trinajstić information content (AvgIpc) is 3.15. The highest BCUT2D eigenvalue weighted by Crippen LogP contribution is 2.67. The molecule has 0 aromatic carbocycles. The second-order valence-electron chi connectivity index (χ2n) is 13.3. The van der Waals surface area contributed by atoms with Gasteiger partial charge in [-0.2, -0.15) is 0 Å². The van der Waals surface area contributed by atoms with Crippen LogP contribution in [0.2, 0.25) is 0 Å². The minimum absolute atomic E-state index is 0.309. The van der Waals surface area contributed by atoms with Crippen LogP contribution in [-0.4, -0.2) is 11.7 Å². The molecule has 0 bridgehead atoms. The summed E-state index contributed by atoms with van der Waals surface area (Å²) in [6.07, 6.45) is 23.5. The van der Waals surface area contributed by atoms with Gasteiger partial charge in [0.2, 0.25) is 0 Å². The number of aliphatic hydroxyl groups excluding tert-OH is 1. The Bertz CT molecular complexity index is 718. The van der Waals surface area contributed by atoms with Crippen LogP contribution in [0.3, 0.4) is 0 Å². The van der Waals surface area contributed by atoms with Gasteiger partial charge in [-0.25, -0.2) is 0 Å². The number of hydrogen-bond acceptors (Lipinski definition) is 1. The highest BCUT2D eigenvalue weighted by molar-refractivity contribution is 5.26. The van der Waals surface area contributed by atoms with Gasteiger partial charge in [0.1, 0.15) is 0 Å². The van der Waals surface area contributed by atoms with Crippen molar-refractivity contribution in [2.45, 2.75) is 106 Å². The van der Waals surface area contributed by atoms with E-state index in [4.69, 9.17) is 0 Å². The normalized spacial score (nSPS) is 42.5. The lowest BCUT2D eigenvalue weighted by Crippen LogP contribution is -2.50. The SMILES string of the molecule is CC[C@H](/C=C/[C@@H](C)[C@H]1CCC2C3CC=C4C[C@@H]([CH]CCO)CC[C@]4(C)C3CC[C@@]21C)C(C)C. The van der Waals surface area contributed by atoms with Gasteiger partial charge in [-0.05, 0) is 129 Å². The molecule has 0 saturated heterocycles. The van der Waals surface area contributed by atoms with Crippen molar-refractivity contribution in [3.05, 3.63) is 30.2 Å². The van der Waals surface area contributed by atoms with Gasteiger partial charge in [0.25, 0.3) is 0 Å². The lowest BCUT2D eigenvalue weighted by Gasteiger charge is -2.58. The van der Waals surface area contributed by atoms with Crippen molar-refractivity contribution >= 4 is 0 Å². The molecule has 0 aliphatic heterocycles. The van der Waals surface area contributed by atoms with Crippen molar-refractivity contribution in [2.75, 3.05) is 6.61 Å². The van der Waals surface area contributed by atoms with Gasteiger partial charge in [-0.15, -0.1) is 0 Å². The zero-order chi connectivity index (χ0) is 23.8. The number of fused-ring (bicyclic) bond motifs is 5. The van der Waals surface area contributed by atoms with Crippen LogP contribution in [0.25, 0.3) is 0 Å². The van der Waals surface area contributed by atoms with Gasteiger partial charge >= 0.3 is 0 Å². The van der Waals surface area contributed by atoms with Crippen LogP contribution in [0.4, 0.5) is 0 Å². The molecule has 4 aliphatic carbocycles. The predicted octanol–water partition coefficient (Wildman–Crippen LogP) is 8.64. The first-order valence-corrected chi connectivity index (χ1v) is 14.6. The molecule has 187 valence electrons. The summed E-state index contributed by atoms with van der Waals surface area (Å²) in [5.74, 6) is 6.51. The topological polar surface area (TPSA) is 20.2 Å². The van der Waals surface area contributed by atoms with E-state index in [9.17, 15) is 5.11 Å². The monoisotopic (exact) mass is 453 g/mol. The Kier molecular flexibility index (Phi) is 7.89. The molecule has 1 radical (unpaired) electrons. The fourth-order valence-electron chi connectivity index (χ4n) is 9.39. The minimum atomic E-state index is 0.309. The van der Waals surface area contributed by atoms with Crippen molar-refractivity contribution in [1.82, 2.24) is 0 Å². The lowest BCUT2D eigenvalue weighted by molar-refractivity contribution is -0.0484. The predicted molar refractivity (Wildman–Crippen MR) is 142 cm³/mol. The van der Waals surface area contributed by atoms with E-state index in [0.29, 0.717) is 29.3 Å². The minimum Gasteiger partial charge on any atom is -0.396 e. The van der Waals surface area contributed by atoms with Crippen LogP contribution in [0, 0.1) is 64.6 Å². The van der Waals surface area contributed by atoms with E-state index in [2.05, 4.69) is 66.2 Å². The molecule has 0 spiro atoms. The molecule has 0 heterocycles. The average molecular weight is 454 g/mol. The fourth-order valence-corrected chi connectivity index (χ4v) is 9.39. The first kappa shape index (κ1) is 25.5. The Morgan fingerprint density at radius 2 is 1.82 bits per heavy atom. The molecule has 1 heteroatoms. The second-order valence-corrected chi connectivity index (χ2v) is 13.3. The zero-order valence-corrected chi connectivity index (χ0v) is 22.7. The first-order chi connectivity index (χ1) is 15.7. The van der Waals surface area contributed by atoms with E-state index in [-0.39, 0.29) is 0 Å². The summed E-state index contributed by atoms with van der Waals surface area (Å²) in [5, 5.41) is 9.25. The van der Waals surface area contributed by atoms with E-state index in [0.717, 1.165) is 41.9 Å². The number of rotatable bonds is 8. The summed E-state index contributed by atoms with van der Waals surface area (Å²) in [7, 11) is 0. The molecule has 0 amide bonds. The Morgan fingerprint density at radius 3 is 2.52 bits per heavy atom. The van der Waals surface area contributed by atoms with E-state index >= 15 is 0 Å². The summed E-state index contributed by atoms with van der Waals surface area (Å²) < 4.78 is 0. The first-order valence-electron chi connectivity index (χ1n) is 14.6. The summed E-state index contributed by atoms with van der Waals surface area (Å²) in [5.41, 5.74) is 2.77. The summed E-state index contributed by atoms with van der Waals surface area (Å²) >= 11 is 0. The van der Waals surface area contributed by atoms with Gasteiger partial charge < -0.3 is 5.11 Å². The van der Waals surface area contributed by atoms with Crippen LogP contribution in [-0.2, 0) is 0 Å². The molecular formula is C32H53O. The zero-order valence-electron chi connectivity index (χ0n) is 22.7. The van der Waals surface area contributed by atoms with Gasteiger partial charge in [0, 0.05) is 6.61 Å². The van der Waals surface area contributed by atoms with Crippen molar-refractivity contribution in [3.63, 3.8) is 0 Å². The molecule has 0 aromatic heterocycles. The summed E-state index contributed by atoms with van der Waals surface area (Å²) in [6, 6.07) is 0. The quantitative estimate of drug-likeness (QED) is 0.365. The molecule has 1 N–H and O–H groups in total. The molecule has 9 atom stereocenters. The maximum absolute atomic E-state index is 9.25. The number of allylic oxidation sites excluding steroid dienone is 4. The standard InChI is InChI=1S/C32H53O/c1-7-25(22(2)3)11-10-23(4)28-14-15-29-27-13-12-26-21-24(9-8-20-33)16-18-31(26,5)30(27)17-19-32(28,29)6/h9-12,22-25,27-30,33H,7-8,13-21H2,1-6H3/b11-10+/t23-,24+,25-,27?,28-,29?,30?,31+,32-/m1/s1. The number of hydrogen-bond donors (Lipinski definition) is 1. The third-order valence-corrected chi connectivity index (χ3v) is 11.5. The molecule has 4 rings (SSSR count).